The van der Waals surface area contributed by atoms with Gasteiger partial charge in [0, 0.05) is 31.7 Å². The zero-order chi connectivity index (χ0) is 17.4. The summed E-state index contributed by atoms with van der Waals surface area (Å²) >= 11 is 5.39. The number of nitrogens with one attached hydrogen (secondary N) is 2. The third kappa shape index (κ3) is 5.92. The van der Waals surface area contributed by atoms with Crippen molar-refractivity contribution in [2.24, 2.45) is 0 Å². The highest BCUT2D eigenvalue weighted by molar-refractivity contribution is 7.80. The van der Waals surface area contributed by atoms with Gasteiger partial charge in [-0.25, -0.2) is 0 Å². The Bertz CT molecular complexity index is 514. The summed E-state index contributed by atoms with van der Waals surface area (Å²) in [6.07, 6.45) is 0.929. The van der Waals surface area contributed by atoms with Crippen LogP contribution in [0.5, 0.6) is 5.75 Å². The minimum absolute atomic E-state index is 0.0610. The smallest absolute Gasteiger partial charge is 0.166 e. The number of rotatable bonds is 7. The lowest BCUT2D eigenvalue weighted by Gasteiger charge is -2.41. The summed E-state index contributed by atoms with van der Waals surface area (Å²) in [5, 5.41) is 7.34. The Kier molecular flexibility index (Phi) is 7.27. The molecule has 0 unspecified atom stereocenters. The number of benzene rings is 1. The maximum Gasteiger partial charge on any atom is 0.166 e. The van der Waals surface area contributed by atoms with Gasteiger partial charge in [0.25, 0.3) is 0 Å². The second kappa shape index (κ2) is 9.20. The lowest BCUT2D eigenvalue weighted by molar-refractivity contribution is -0.00829. The van der Waals surface area contributed by atoms with E-state index in [-0.39, 0.29) is 5.54 Å². The first-order chi connectivity index (χ1) is 11.5. The first-order valence-electron chi connectivity index (χ1n) is 8.49. The van der Waals surface area contributed by atoms with Crippen molar-refractivity contribution in [3.05, 3.63) is 29.8 Å². The highest BCUT2D eigenvalue weighted by Gasteiger charge is 2.28. The van der Waals surface area contributed by atoms with Crippen LogP contribution >= 0.6 is 12.2 Å². The SMILES string of the molecule is COc1ccc(CCNC(=S)NCC(C)(C)N2CCOCC2)cc1. The number of thiocarbonyl (C=S) groups is 1. The van der Waals surface area contributed by atoms with Crippen LogP contribution in [0.3, 0.4) is 0 Å². The fourth-order valence-electron chi connectivity index (χ4n) is 2.75. The highest BCUT2D eigenvalue weighted by atomic mass is 32.1. The molecule has 1 saturated heterocycles. The van der Waals surface area contributed by atoms with Crippen molar-refractivity contribution in [2.75, 3.05) is 46.5 Å². The number of morpholine rings is 1. The molecule has 2 N–H and O–H groups in total. The standard InChI is InChI=1S/C18H29N3O2S/c1-18(2,21-10-12-23-13-11-21)14-20-17(24)19-9-8-15-4-6-16(22-3)7-5-15/h4-7H,8-14H2,1-3H3,(H2,19,20,24). The molecule has 0 bridgehead atoms. The average molecular weight is 352 g/mol. The van der Waals surface area contributed by atoms with Crippen LogP contribution in [0.15, 0.2) is 24.3 Å². The van der Waals surface area contributed by atoms with Gasteiger partial charge in [0.1, 0.15) is 5.75 Å². The molecular formula is C18H29N3O2S. The summed E-state index contributed by atoms with van der Waals surface area (Å²) in [6.45, 7) is 9.70. The van der Waals surface area contributed by atoms with Gasteiger partial charge in [0.15, 0.2) is 5.11 Å². The van der Waals surface area contributed by atoms with Crippen molar-refractivity contribution in [2.45, 2.75) is 25.8 Å². The normalized spacial score (nSPS) is 15.8. The van der Waals surface area contributed by atoms with Gasteiger partial charge in [-0.05, 0) is 50.2 Å². The molecule has 0 spiro atoms. The largest absolute Gasteiger partial charge is 0.497 e. The number of ether oxygens (including phenoxy) is 2. The van der Waals surface area contributed by atoms with Gasteiger partial charge in [-0.3, -0.25) is 4.90 Å². The third-order valence-electron chi connectivity index (χ3n) is 4.41. The molecule has 1 aromatic rings. The van der Waals surface area contributed by atoms with Gasteiger partial charge in [-0.2, -0.15) is 0 Å². The molecule has 1 aliphatic rings. The average Bonchev–Trinajstić information content (AvgIpc) is 2.61. The minimum Gasteiger partial charge on any atom is -0.497 e. The lowest BCUT2D eigenvalue weighted by atomic mass is 10.0. The van der Waals surface area contributed by atoms with Crippen LogP contribution in [0.1, 0.15) is 19.4 Å². The lowest BCUT2D eigenvalue weighted by Crippen LogP contribution is -2.56. The summed E-state index contributed by atoms with van der Waals surface area (Å²) in [7, 11) is 1.68. The zero-order valence-electron chi connectivity index (χ0n) is 14.9. The van der Waals surface area contributed by atoms with E-state index in [0.717, 1.165) is 51.6 Å². The van der Waals surface area contributed by atoms with E-state index in [0.29, 0.717) is 5.11 Å². The summed E-state index contributed by atoms with van der Waals surface area (Å²) in [6, 6.07) is 8.13. The molecule has 2 rings (SSSR count). The first-order valence-corrected chi connectivity index (χ1v) is 8.89. The summed E-state index contributed by atoms with van der Waals surface area (Å²) in [5.41, 5.74) is 1.32. The fraction of sp³-hybridized carbons (Fsp3) is 0.611. The second-order valence-electron chi connectivity index (χ2n) is 6.62. The van der Waals surface area contributed by atoms with Crippen LogP contribution < -0.4 is 15.4 Å². The molecule has 0 atom stereocenters. The van der Waals surface area contributed by atoms with Gasteiger partial charge in [-0.15, -0.1) is 0 Å². The van der Waals surface area contributed by atoms with E-state index in [1.54, 1.807) is 7.11 Å². The predicted molar refractivity (Wildman–Crippen MR) is 102 cm³/mol. The molecule has 0 aliphatic carbocycles. The Morgan fingerprint density at radius 2 is 1.88 bits per heavy atom. The minimum atomic E-state index is 0.0610. The van der Waals surface area contributed by atoms with Gasteiger partial charge >= 0.3 is 0 Å². The molecule has 5 nitrogen and oxygen atoms in total. The van der Waals surface area contributed by atoms with Crippen molar-refractivity contribution < 1.29 is 9.47 Å². The second-order valence-corrected chi connectivity index (χ2v) is 7.03. The molecule has 24 heavy (non-hydrogen) atoms. The molecule has 6 heteroatoms. The van der Waals surface area contributed by atoms with Crippen LogP contribution in [0, 0.1) is 0 Å². The molecule has 0 amide bonds. The van der Waals surface area contributed by atoms with Gasteiger partial charge in [-0.1, -0.05) is 12.1 Å². The maximum atomic E-state index is 5.42. The quantitative estimate of drug-likeness (QED) is 0.731. The molecule has 0 aromatic heterocycles. The monoisotopic (exact) mass is 351 g/mol. The van der Waals surface area contributed by atoms with Gasteiger partial charge in [0.2, 0.25) is 0 Å². The van der Waals surface area contributed by atoms with Crippen molar-refractivity contribution in [3.8, 4) is 5.75 Å². The molecule has 1 aromatic carbocycles. The molecule has 1 heterocycles. The Morgan fingerprint density at radius 1 is 1.21 bits per heavy atom. The molecule has 0 saturated carbocycles. The van der Waals surface area contributed by atoms with Crippen LogP contribution in [-0.2, 0) is 11.2 Å². The number of hydrogen-bond acceptors (Lipinski definition) is 4. The zero-order valence-corrected chi connectivity index (χ0v) is 15.7. The number of hydrogen-bond donors (Lipinski definition) is 2. The summed E-state index contributed by atoms with van der Waals surface area (Å²) in [5.74, 6) is 0.884. The van der Waals surface area contributed by atoms with Gasteiger partial charge in [0.05, 0.1) is 20.3 Å². The van der Waals surface area contributed by atoms with E-state index >= 15 is 0 Å². The predicted octanol–water partition coefficient (Wildman–Crippen LogP) is 1.81. The van der Waals surface area contributed by atoms with E-state index in [2.05, 4.69) is 41.5 Å². The molecule has 1 fully saturated rings. The van der Waals surface area contributed by atoms with Gasteiger partial charge < -0.3 is 20.1 Å². The summed E-state index contributed by atoms with van der Waals surface area (Å²) < 4.78 is 10.6. The van der Waals surface area contributed by atoms with Crippen LogP contribution in [-0.4, -0.2) is 62.1 Å². The topological polar surface area (TPSA) is 45.8 Å². The molecule has 0 radical (unpaired) electrons. The summed E-state index contributed by atoms with van der Waals surface area (Å²) in [4.78, 5) is 2.45. The van der Waals surface area contributed by atoms with Crippen molar-refractivity contribution in [3.63, 3.8) is 0 Å². The van der Waals surface area contributed by atoms with Crippen LogP contribution in [0.2, 0.25) is 0 Å². The van der Waals surface area contributed by atoms with E-state index in [1.807, 2.05) is 12.1 Å². The van der Waals surface area contributed by atoms with Crippen LogP contribution in [0.4, 0.5) is 0 Å². The van der Waals surface area contributed by atoms with E-state index in [9.17, 15) is 0 Å². The molecule has 1 aliphatic heterocycles. The van der Waals surface area contributed by atoms with E-state index in [4.69, 9.17) is 21.7 Å². The molecular weight excluding hydrogens is 322 g/mol. The van der Waals surface area contributed by atoms with Crippen molar-refractivity contribution in [1.29, 1.82) is 0 Å². The highest BCUT2D eigenvalue weighted by Crippen LogP contribution is 2.15. The van der Waals surface area contributed by atoms with Crippen LogP contribution in [0.25, 0.3) is 0 Å². The van der Waals surface area contributed by atoms with E-state index < -0.39 is 0 Å². The first kappa shape index (κ1) is 19.0. The van der Waals surface area contributed by atoms with E-state index in [1.165, 1.54) is 5.56 Å². The Balaban J connectivity index is 1.67. The Labute approximate surface area is 150 Å². The third-order valence-corrected chi connectivity index (χ3v) is 4.70. The van der Waals surface area contributed by atoms with Crippen molar-refractivity contribution in [1.82, 2.24) is 15.5 Å². The fourth-order valence-corrected chi connectivity index (χ4v) is 2.93. The Morgan fingerprint density at radius 3 is 2.50 bits per heavy atom. The number of methoxy groups -OCH3 is 1. The maximum absolute atomic E-state index is 5.42. The Hall–Kier alpha value is -1.37. The number of nitrogens with zero attached hydrogens (tertiary/aromatic N) is 1. The van der Waals surface area contributed by atoms with Crippen molar-refractivity contribution >= 4 is 17.3 Å². The molecule has 134 valence electrons.